The van der Waals surface area contributed by atoms with E-state index >= 15 is 0 Å². The summed E-state index contributed by atoms with van der Waals surface area (Å²) >= 11 is 0. The van der Waals surface area contributed by atoms with Gasteiger partial charge in [0.25, 0.3) is 5.91 Å². The fraction of sp³-hybridized carbons (Fsp3) is 0.208. The number of imide groups is 1. The number of hydrogen-bond donors (Lipinski definition) is 2. The average molecular weight is 461 g/mol. The minimum atomic E-state index is -0.693. The number of piperidine rings is 1. The summed E-state index contributed by atoms with van der Waals surface area (Å²) in [5.41, 5.74) is 2.42. The third-order valence-electron chi connectivity index (χ3n) is 5.90. The van der Waals surface area contributed by atoms with E-state index in [1.165, 1.54) is 24.1 Å². The highest BCUT2D eigenvalue weighted by atomic mass is 19.1. The van der Waals surface area contributed by atoms with Crippen LogP contribution in [0.25, 0.3) is 11.4 Å². The molecule has 1 unspecified atom stereocenters. The highest BCUT2D eigenvalue weighted by Gasteiger charge is 2.39. The molecule has 172 valence electrons. The molecular weight excluding hydrogens is 441 g/mol. The van der Waals surface area contributed by atoms with Gasteiger partial charge in [0.2, 0.25) is 11.8 Å². The van der Waals surface area contributed by atoms with Gasteiger partial charge in [-0.2, -0.15) is 0 Å². The number of methoxy groups -OCH3 is 1. The number of rotatable bonds is 5. The third kappa shape index (κ3) is 3.83. The number of carbonyl (C=O) groups excluding carboxylic acids is 3. The van der Waals surface area contributed by atoms with Crippen molar-refractivity contribution in [1.82, 2.24) is 20.2 Å². The molecule has 3 aromatic rings. The van der Waals surface area contributed by atoms with Gasteiger partial charge in [0.1, 0.15) is 23.4 Å². The average Bonchev–Trinajstić information content (AvgIpc) is 3.16. The van der Waals surface area contributed by atoms with Crippen molar-refractivity contribution in [2.45, 2.75) is 25.4 Å². The van der Waals surface area contributed by atoms with Gasteiger partial charge >= 0.3 is 0 Å². The third-order valence-corrected chi connectivity index (χ3v) is 5.90. The van der Waals surface area contributed by atoms with Gasteiger partial charge in [0.15, 0.2) is 5.82 Å². The molecule has 2 aliphatic heterocycles. The Morgan fingerprint density at radius 3 is 2.79 bits per heavy atom. The lowest BCUT2D eigenvalue weighted by Crippen LogP contribution is -2.52. The monoisotopic (exact) mass is 461 g/mol. The Hall–Kier alpha value is -4.34. The standard InChI is InChI=1S/C24H20FN5O4/c1-34-19-11-13(25)5-6-15(19)22-26-10-9-20(28-22)27-17-4-2-3-14-16(17)12-30(24(14)33)18-7-8-21(31)29-23(18)32/h2-6,9-11,18H,7-8,12H2,1H3,(H,26,27,28)(H,29,31,32). The van der Waals surface area contributed by atoms with Gasteiger partial charge in [-0.15, -0.1) is 0 Å². The van der Waals surface area contributed by atoms with Crippen LogP contribution in [0.1, 0.15) is 28.8 Å². The van der Waals surface area contributed by atoms with Crippen LogP contribution in [0.4, 0.5) is 15.9 Å². The first-order valence-electron chi connectivity index (χ1n) is 10.6. The lowest BCUT2D eigenvalue weighted by Gasteiger charge is -2.29. The molecule has 2 N–H and O–H groups in total. The molecule has 1 atom stereocenters. The molecule has 3 heterocycles. The van der Waals surface area contributed by atoms with Crippen molar-refractivity contribution in [1.29, 1.82) is 0 Å². The summed E-state index contributed by atoms with van der Waals surface area (Å²) in [4.78, 5) is 47.1. The normalized spacial score (nSPS) is 17.4. The van der Waals surface area contributed by atoms with E-state index in [9.17, 15) is 18.8 Å². The van der Waals surface area contributed by atoms with Crippen molar-refractivity contribution in [3.63, 3.8) is 0 Å². The highest BCUT2D eigenvalue weighted by Crippen LogP contribution is 2.34. The number of nitrogens with one attached hydrogen (secondary N) is 2. The Balaban J connectivity index is 1.42. The quantitative estimate of drug-likeness (QED) is 0.562. The van der Waals surface area contributed by atoms with E-state index in [0.717, 1.165) is 5.56 Å². The second-order valence-corrected chi connectivity index (χ2v) is 7.97. The van der Waals surface area contributed by atoms with E-state index in [2.05, 4.69) is 20.6 Å². The topological polar surface area (TPSA) is 114 Å². The molecule has 0 spiro atoms. The van der Waals surface area contributed by atoms with Gasteiger partial charge in [-0.1, -0.05) is 6.07 Å². The van der Waals surface area contributed by atoms with Crippen LogP contribution in [0.2, 0.25) is 0 Å². The van der Waals surface area contributed by atoms with E-state index in [-0.39, 0.29) is 24.8 Å². The van der Waals surface area contributed by atoms with Crippen molar-refractivity contribution in [3.05, 3.63) is 65.6 Å². The van der Waals surface area contributed by atoms with Crippen LogP contribution in [-0.2, 0) is 16.1 Å². The number of fused-ring (bicyclic) bond motifs is 1. The zero-order valence-corrected chi connectivity index (χ0v) is 18.2. The van der Waals surface area contributed by atoms with Crippen LogP contribution < -0.4 is 15.4 Å². The van der Waals surface area contributed by atoms with Crippen LogP contribution in [0.15, 0.2) is 48.7 Å². The second kappa shape index (κ2) is 8.54. The smallest absolute Gasteiger partial charge is 0.255 e. The summed E-state index contributed by atoms with van der Waals surface area (Å²) in [6.45, 7) is 0.230. The summed E-state index contributed by atoms with van der Waals surface area (Å²) in [5.74, 6) is -0.353. The zero-order valence-electron chi connectivity index (χ0n) is 18.2. The maximum absolute atomic E-state index is 13.6. The number of halogens is 1. The maximum atomic E-state index is 13.6. The summed E-state index contributed by atoms with van der Waals surface area (Å²) < 4.78 is 18.8. The number of hydrogen-bond acceptors (Lipinski definition) is 7. The molecular formula is C24H20FN5O4. The second-order valence-electron chi connectivity index (χ2n) is 7.97. The van der Waals surface area contributed by atoms with E-state index in [1.54, 1.807) is 30.5 Å². The lowest BCUT2D eigenvalue weighted by molar-refractivity contribution is -0.136. The molecule has 5 rings (SSSR count). The largest absolute Gasteiger partial charge is 0.496 e. The van der Waals surface area contributed by atoms with Crippen molar-refractivity contribution in [2.75, 3.05) is 12.4 Å². The number of anilines is 2. The molecule has 0 saturated carbocycles. The first kappa shape index (κ1) is 21.5. The number of carbonyl (C=O) groups is 3. The Kier molecular flexibility index (Phi) is 5.40. The van der Waals surface area contributed by atoms with E-state index in [4.69, 9.17) is 4.74 Å². The number of aromatic nitrogens is 2. The molecule has 3 amide bonds. The molecule has 2 aliphatic rings. The molecule has 0 bridgehead atoms. The Bertz CT molecular complexity index is 1330. The molecule has 1 fully saturated rings. The van der Waals surface area contributed by atoms with Crippen molar-refractivity contribution in [3.8, 4) is 17.1 Å². The van der Waals surface area contributed by atoms with Crippen LogP contribution in [0.5, 0.6) is 5.75 Å². The molecule has 9 nitrogen and oxygen atoms in total. The summed E-state index contributed by atoms with van der Waals surface area (Å²) in [6, 6.07) is 10.4. The van der Waals surface area contributed by atoms with Gasteiger partial charge in [0, 0.05) is 42.0 Å². The first-order chi connectivity index (χ1) is 16.4. The Morgan fingerprint density at radius 2 is 2.00 bits per heavy atom. The number of ether oxygens (including phenoxy) is 1. The molecule has 10 heteroatoms. The predicted octanol–water partition coefficient (Wildman–Crippen LogP) is 2.80. The Morgan fingerprint density at radius 1 is 1.15 bits per heavy atom. The van der Waals surface area contributed by atoms with Gasteiger partial charge in [-0.25, -0.2) is 14.4 Å². The summed E-state index contributed by atoms with van der Waals surface area (Å²) in [7, 11) is 1.44. The van der Waals surface area contributed by atoms with Crippen LogP contribution >= 0.6 is 0 Å². The van der Waals surface area contributed by atoms with Crippen LogP contribution in [-0.4, -0.2) is 45.7 Å². The van der Waals surface area contributed by atoms with Gasteiger partial charge in [0.05, 0.1) is 12.7 Å². The molecule has 0 radical (unpaired) electrons. The van der Waals surface area contributed by atoms with Crippen LogP contribution in [0, 0.1) is 5.82 Å². The molecule has 1 aromatic heterocycles. The lowest BCUT2D eigenvalue weighted by atomic mass is 10.0. The van der Waals surface area contributed by atoms with Crippen molar-refractivity contribution >= 4 is 29.2 Å². The van der Waals surface area contributed by atoms with E-state index in [1.807, 2.05) is 6.07 Å². The Labute approximate surface area is 194 Å². The number of benzene rings is 2. The minimum Gasteiger partial charge on any atom is -0.496 e. The van der Waals surface area contributed by atoms with Crippen molar-refractivity contribution < 1.29 is 23.5 Å². The number of amides is 3. The van der Waals surface area contributed by atoms with Gasteiger partial charge < -0.3 is 15.0 Å². The zero-order chi connectivity index (χ0) is 23.8. The number of nitrogens with zero attached hydrogens (tertiary/aromatic N) is 3. The SMILES string of the molecule is COc1cc(F)ccc1-c1nccc(Nc2cccc3c2CN(C2CCC(=O)NC2=O)C3=O)n1. The fourth-order valence-corrected chi connectivity index (χ4v) is 4.25. The van der Waals surface area contributed by atoms with Crippen molar-refractivity contribution in [2.24, 2.45) is 0 Å². The minimum absolute atomic E-state index is 0.193. The van der Waals surface area contributed by atoms with Gasteiger partial charge in [-0.3, -0.25) is 19.7 Å². The van der Waals surface area contributed by atoms with E-state index < -0.39 is 17.8 Å². The summed E-state index contributed by atoms with van der Waals surface area (Å²) in [6.07, 6.45) is 2.05. The van der Waals surface area contributed by atoms with Gasteiger partial charge in [-0.05, 0) is 36.8 Å². The first-order valence-corrected chi connectivity index (χ1v) is 10.6. The van der Waals surface area contributed by atoms with E-state index in [0.29, 0.717) is 40.6 Å². The summed E-state index contributed by atoms with van der Waals surface area (Å²) in [5, 5.41) is 5.53. The molecule has 2 aromatic carbocycles. The molecule has 0 aliphatic carbocycles. The predicted molar refractivity (Wildman–Crippen MR) is 120 cm³/mol. The fourth-order valence-electron chi connectivity index (χ4n) is 4.25. The molecule has 34 heavy (non-hydrogen) atoms. The highest BCUT2D eigenvalue weighted by molar-refractivity contribution is 6.06. The maximum Gasteiger partial charge on any atom is 0.255 e. The van der Waals surface area contributed by atoms with Crippen LogP contribution in [0.3, 0.4) is 0 Å². The molecule has 1 saturated heterocycles.